The molecule has 0 radical (unpaired) electrons. The number of rotatable bonds is 10. The molecule has 2 rings (SSSR count). The van der Waals surface area contributed by atoms with Crippen LogP contribution in [0.1, 0.15) is 36.6 Å². The number of nitriles is 1. The van der Waals surface area contributed by atoms with Crippen molar-refractivity contribution in [3.05, 3.63) is 41.3 Å². The Kier molecular flexibility index (Phi) is 8.19. The SMILES string of the molecule is CCCc1c(OCCCN(C)c2cnc(CC#N)cn2)ccc(C(=N)C(F)(F)F)c1O. The van der Waals surface area contributed by atoms with E-state index in [0.717, 1.165) is 6.07 Å². The van der Waals surface area contributed by atoms with E-state index < -0.39 is 23.2 Å². The van der Waals surface area contributed by atoms with Crippen LogP contribution in [0.5, 0.6) is 11.5 Å². The number of halogens is 3. The number of benzene rings is 1. The van der Waals surface area contributed by atoms with Gasteiger partial charge in [-0.3, -0.25) is 10.4 Å². The van der Waals surface area contributed by atoms with Crippen molar-refractivity contribution < 1.29 is 23.0 Å². The second-order valence-electron chi connectivity index (χ2n) is 6.89. The van der Waals surface area contributed by atoms with Crippen molar-refractivity contribution in [3.63, 3.8) is 0 Å². The minimum Gasteiger partial charge on any atom is -0.507 e. The van der Waals surface area contributed by atoms with E-state index in [0.29, 0.717) is 43.1 Å². The van der Waals surface area contributed by atoms with Crippen molar-refractivity contribution in [2.75, 3.05) is 25.1 Å². The zero-order valence-corrected chi connectivity index (χ0v) is 17.3. The molecule has 0 atom stereocenters. The highest BCUT2D eigenvalue weighted by Gasteiger charge is 2.37. The molecule has 1 heterocycles. The molecule has 2 N–H and O–H groups in total. The van der Waals surface area contributed by atoms with Crippen molar-refractivity contribution in [1.29, 1.82) is 10.7 Å². The van der Waals surface area contributed by atoms with E-state index in [-0.39, 0.29) is 18.6 Å². The third kappa shape index (κ3) is 6.31. The number of hydrogen-bond acceptors (Lipinski definition) is 7. The smallest absolute Gasteiger partial charge is 0.433 e. The Bertz CT molecular complexity index is 940. The molecule has 1 aromatic heterocycles. The molecule has 7 nitrogen and oxygen atoms in total. The summed E-state index contributed by atoms with van der Waals surface area (Å²) >= 11 is 0. The Morgan fingerprint density at radius 1 is 1.29 bits per heavy atom. The Hall–Kier alpha value is -3.35. The van der Waals surface area contributed by atoms with E-state index in [2.05, 4.69) is 9.97 Å². The molecule has 0 saturated carbocycles. The van der Waals surface area contributed by atoms with Gasteiger partial charge in [-0.1, -0.05) is 13.3 Å². The van der Waals surface area contributed by atoms with Crippen molar-refractivity contribution in [2.45, 2.75) is 38.8 Å². The van der Waals surface area contributed by atoms with Gasteiger partial charge in [0.2, 0.25) is 0 Å². The maximum absolute atomic E-state index is 12.9. The fourth-order valence-electron chi connectivity index (χ4n) is 2.91. The molecule has 0 aliphatic rings. The van der Waals surface area contributed by atoms with Crippen LogP contribution in [0.4, 0.5) is 19.0 Å². The van der Waals surface area contributed by atoms with Crippen LogP contribution in [-0.4, -0.2) is 47.2 Å². The molecule has 31 heavy (non-hydrogen) atoms. The molecule has 10 heteroatoms. The number of nitrogens with one attached hydrogen (secondary N) is 1. The molecular formula is C21H24F3N5O2. The van der Waals surface area contributed by atoms with Crippen molar-refractivity contribution in [2.24, 2.45) is 0 Å². The number of anilines is 1. The van der Waals surface area contributed by atoms with Crippen LogP contribution in [0.25, 0.3) is 0 Å². The first kappa shape index (κ1) is 23.9. The van der Waals surface area contributed by atoms with Crippen LogP contribution in [-0.2, 0) is 12.8 Å². The highest BCUT2D eigenvalue weighted by Crippen LogP contribution is 2.35. The highest BCUT2D eigenvalue weighted by molar-refractivity contribution is 6.04. The minimum atomic E-state index is -4.84. The lowest BCUT2D eigenvalue weighted by Gasteiger charge is -2.19. The summed E-state index contributed by atoms with van der Waals surface area (Å²) in [4.78, 5) is 10.3. The number of aromatic nitrogens is 2. The Labute approximate surface area is 178 Å². The molecule has 0 fully saturated rings. The molecule has 2 aromatic rings. The molecule has 0 aliphatic carbocycles. The molecule has 0 aliphatic heterocycles. The predicted molar refractivity (Wildman–Crippen MR) is 110 cm³/mol. The van der Waals surface area contributed by atoms with E-state index in [1.54, 1.807) is 12.4 Å². The van der Waals surface area contributed by atoms with Gasteiger partial charge in [-0.05, 0) is 25.0 Å². The van der Waals surface area contributed by atoms with E-state index >= 15 is 0 Å². The van der Waals surface area contributed by atoms with Crippen LogP contribution >= 0.6 is 0 Å². The monoisotopic (exact) mass is 435 g/mol. The molecule has 0 amide bonds. The minimum absolute atomic E-state index is 0.193. The lowest BCUT2D eigenvalue weighted by Crippen LogP contribution is -2.23. The summed E-state index contributed by atoms with van der Waals surface area (Å²) in [5, 5.41) is 26.3. The summed E-state index contributed by atoms with van der Waals surface area (Å²) < 4.78 is 44.3. The normalized spacial score (nSPS) is 11.1. The number of ether oxygens (including phenoxy) is 1. The Balaban J connectivity index is 2.00. The molecule has 0 saturated heterocycles. The Morgan fingerprint density at radius 3 is 2.61 bits per heavy atom. The van der Waals surface area contributed by atoms with E-state index in [9.17, 15) is 18.3 Å². The van der Waals surface area contributed by atoms with Gasteiger partial charge in [-0.2, -0.15) is 18.4 Å². The van der Waals surface area contributed by atoms with Crippen LogP contribution in [0.3, 0.4) is 0 Å². The third-order valence-electron chi connectivity index (χ3n) is 4.53. The van der Waals surface area contributed by atoms with Crippen molar-refractivity contribution in [3.8, 4) is 17.6 Å². The summed E-state index contributed by atoms with van der Waals surface area (Å²) in [6.45, 7) is 2.69. The summed E-state index contributed by atoms with van der Waals surface area (Å²) in [5.74, 6) is 0.383. The first-order valence-electron chi connectivity index (χ1n) is 9.71. The van der Waals surface area contributed by atoms with Gasteiger partial charge in [-0.15, -0.1) is 0 Å². The van der Waals surface area contributed by atoms with Crippen LogP contribution in [0.15, 0.2) is 24.5 Å². The second-order valence-corrected chi connectivity index (χ2v) is 6.89. The van der Waals surface area contributed by atoms with Gasteiger partial charge in [0.15, 0.2) is 0 Å². The summed E-state index contributed by atoms with van der Waals surface area (Å²) in [5.41, 5.74) is -1.28. The van der Waals surface area contributed by atoms with Crippen molar-refractivity contribution in [1.82, 2.24) is 9.97 Å². The van der Waals surface area contributed by atoms with Gasteiger partial charge in [0.05, 0.1) is 37.2 Å². The van der Waals surface area contributed by atoms with Crippen molar-refractivity contribution >= 4 is 11.5 Å². The molecular weight excluding hydrogens is 411 g/mol. The first-order valence-corrected chi connectivity index (χ1v) is 9.71. The topological polar surface area (TPSA) is 106 Å². The van der Waals surface area contributed by atoms with Gasteiger partial charge < -0.3 is 14.7 Å². The number of hydrogen-bond donors (Lipinski definition) is 2. The number of nitrogens with zero attached hydrogens (tertiary/aromatic N) is 4. The van der Waals surface area contributed by atoms with Gasteiger partial charge in [0, 0.05) is 24.7 Å². The van der Waals surface area contributed by atoms with Crippen LogP contribution in [0.2, 0.25) is 0 Å². The van der Waals surface area contributed by atoms with Gasteiger partial charge in [0.25, 0.3) is 0 Å². The van der Waals surface area contributed by atoms with E-state index in [4.69, 9.17) is 15.4 Å². The molecule has 0 bridgehead atoms. The maximum Gasteiger partial charge on any atom is 0.433 e. The van der Waals surface area contributed by atoms with Crippen LogP contribution in [0, 0.1) is 16.7 Å². The largest absolute Gasteiger partial charge is 0.507 e. The number of phenolic OH excluding ortho intramolecular Hbond substituents is 1. The zero-order chi connectivity index (χ0) is 23.0. The average Bonchev–Trinajstić information content (AvgIpc) is 2.73. The molecule has 166 valence electrons. The predicted octanol–water partition coefficient (Wildman–Crippen LogP) is 4.04. The highest BCUT2D eigenvalue weighted by atomic mass is 19.4. The average molecular weight is 435 g/mol. The van der Waals surface area contributed by atoms with E-state index in [1.807, 2.05) is 24.9 Å². The van der Waals surface area contributed by atoms with Gasteiger partial charge in [0.1, 0.15) is 23.0 Å². The summed E-state index contributed by atoms with van der Waals surface area (Å²) in [7, 11) is 1.83. The lowest BCUT2D eigenvalue weighted by molar-refractivity contribution is -0.0588. The van der Waals surface area contributed by atoms with Gasteiger partial charge in [-0.25, -0.2) is 4.98 Å². The molecule has 0 unspecified atom stereocenters. The molecule has 1 aromatic carbocycles. The fourth-order valence-corrected chi connectivity index (χ4v) is 2.91. The molecule has 0 spiro atoms. The Morgan fingerprint density at radius 2 is 2.03 bits per heavy atom. The van der Waals surface area contributed by atoms with Crippen LogP contribution < -0.4 is 9.64 Å². The standard InChI is InChI=1S/C21H24F3N5O2/c1-3-5-15-17(7-6-16(19(15)30)20(26)21(22,23)24)31-11-4-10-29(2)18-13-27-14(8-9-25)12-28-18/h6-7,12-13,26,30H,3-5,8,10-11H2,1-2H3. The third-order valence-corrected chi connectivity index (χ3v) is 4.53. The number of alkyl halides is 3. The number of aromatic hydroxyl groups is 1. The van der Waals surface area contributed by atoms with Gasteiger partial charge >= 0.3 is 6.18 Å². The lowest BCUT2D eigenvalue weighted by atomic mass is 10.00. The zero-order valence-electron chi connectivity index (χ0n) is 17.3. The second kappa shape index (κ2) is 10.6. The first-order chi connectivity index (χ1) is 14.7. The number of phenols is 1. The fraction of sp³-hybridized carbons (Fsp3) is 0.429. The summed E-state index contributed by atoms with van der Waals surface area (Å²) in [6.07, 6.45) is -0.0154. The maximum atomic E-state index is 12.9. The summed E-state index contributed by atoms with van der Waals surface area (Å²) in [6, 6.07) is 4.43. The quantitative estimate of drug-likeness (QED) is 0.431. The van der Waals surface area contributed by atoms with E-state index in [1.165, 1.54) is 6.07 Å².